The minimum atomic E-state index is -0.797. The number of nitrogens with two attached hydrogens (primary N) is 1. The fraction of sp³-hybridized carbons (Fsp3) is 0.133. The summed E-state index contributed by atoms with van der Waals surface area (Å²) in [4.78, 5) is 4.25. The Balaban J connectivity index is 2.25. The molecule has 0 aliphatic carbocycles. The first kappa shape index (κ1) is 12.6. The third kappa shape index (κ3) is 1.91. The molecule has 0 bridgehead atoms. The van der Waals surface area contributed by atoms with Crippen LogP contribution in [0, 0.1) is 25.5 Å². The Hall–Kier alpha value is -2.43. The maximum absolute atomic E-state index is 13.8. The topological polar surface area (TPSA) is 52.0 Å². The van der Waals surface area contributed by atoms with Crippen LogP contribution in [-0.2, 0) is 0 Å². The van der Waals surface area contributed by atoms with E-state index in [4.69, 9.17) is 10.2 Å². The third-order valence-corrected chi connectivity index (χ3v) is 3.14. The molecule has 0 saturated carbocycles. The number of benzene rings is 2. The average molecular weight is 274 g/mol. The van der Waals surface area contributed by atoms with Gasteiger partial charge >= 0.3 is 0 Å². The molecule has 1 heterocycles. The third-order valence-electron chi connectivity index (χ3n) is 3.14. The van der Waals surface area contributed by atoms with Crippen molar-refractivity contribution in [3.8, 4) is 11.5 Å². The number of hydrogen-bond donors (Lipinski definition) is 1. The monoisotopic (exact) mass is 274 g/mol. The number of anilines is 1. The van der Waals surface area contributed by atoms with Gasteiger partial charge in [0.25, 0.3) is 0 Å². The molecule has 2 N–H and O–H groups in total. The Morgan fingerprint density at radius 3 is 2.55 bits per heavy atom. The molecule has 2 aromatic carbocycles. The van der Waals surface area contributed by atoms with Crippen LogP contribution in [0.25, 0.3) is 22.6 Å². The van der Waals surface area contributed by atoms with Gasteiger partial charge < -0.3 is 10.2 Å². The summed E-state index contributed by atoms with van der Waals surface area (Å²) < 4.78 is 32.6. The Morgan fingerprint density at radius 1 is 1.05 bits per heavy atom. The maximum Gasteiger partial charge on any atom is 0.230 e. The lowest BCUT2D eigenvalue weighted by Gasteiger charge is -2.01. The van der Waals surface area contributed by atoms with Crippen molar-refractivity contribution >= 4 is 16.8 Å². The van der Waals surface area contributed by atoms with E-state index >= 15 is 0 Å². The number of aryl methyl sites for hydroxylation is 2. The zero-order valence-electron chi connectivity index (χ0n) is 11.0. The zero-order valence-corrected chi connectivity index (χ0v) is 11.0. The van der Waals surface area contributed by atoms with Crippen molar-refractivity contribution in [3.05, 3.63) is 47.0 Å². The second-order valence-corrected chi connectivity index (χ2v) is 4.80. The Labute approximate surface area is 114 Å². The van der Waals surface area contributed by atoms with Crippen molar-refractivity contribution in [2.24, 2.45) is 0 Å². The predicted octanol–water partition coefficient (Wildman–Crippen LogP) is 3.97. The predicted molar refractivity (Wildman–Crippen MR) is 73.2 cm³/mol. The quantitative estimate of drug-likeness (QED) is 0.683. The molecule has 0 spiro atoms. The lowest BCUT2D eigenvalue weighted by Crippen LogP contribution is -1.94. The molecular formula is C15H12F2N2O. The summed E-state index contributed by atoms with van der Waals surface area (Å²) in [6.45, 7) is 3.83. The molecule has 102 valence electrons. The highest BCUT2D eigenvalue weighted by Crippen LogP contribution is 2.30. The van der Waals surface area contributed by atoms with Gasteiger partial charge in [0.15, 0.2) is 5.58 Å². The SMILES string of the molecule is Cc1cc(C)c2oc(-c3cc(N)c(F)cc3F)nc2c1. The van der Waals surface area contributed by atoms with Crippen LogP contribution in [0.4, 0.5) is 14.5 Å². The largest absolute Gasteiger partial charge is 0.436 e. The number of nitrogens with zero attached hydrogens (tertiary/aromatic N) is 1. The number of aromatic nitrogens is 1. The van der Waals surface area contributed by atoms with Gasteiger partial charge in [0, 0.05) is 6.07 Å². The lowest BCUT2D eigenvalue weighted by atomic mass is 10.1. The van der Waals surface area contributed by atoms with E-state index in [1.165, 1.54) is 6.07 Å². The highest BCUT2D eigenvalue weighted by Gasteiger charge is 2.16. The fourth-order valence-corrected chi connectivity index (χ4v) is 2.22. The van der Waals surface area contributed by atoms with E-state index in [2.05, 4.69) is 4.98 Å². The number of hydrogen-bond acceptors (Lipinski definition) is 3. The zero-order chi connectivity index (χ0) is 14.4. The van der Waals surface area contributed by atoms with Crippen LogP contribution >= 0.6 is 0 Å². The number of oxazole rings is 1. The molecule has 5 heteroatoms. The van der Waals surface area contributed by atoms with Crippen LogP contribution < -0.4 is 5.73 Å². The highest BCUT2D eigenvalue weighted by atomic mass is 19.1. The van der Waals surface area contributed by atoms with E-state index in [1.54, 1.807) is 0 Å². The smallest absolute Gasteiger partial charge is 0.230 e. The van der Waals surface area contributed by atoms with Gasteiger partial charge in [-0.2, -0.15) is 0 Å². The summed E-state index contributed by atoms with van der Waals surface area (Å²) in [7, 11) is 0. The van der Waals surface area contributed by atoms with Crippen LogP contribution in [0.2, 0.25) is 0 Å². The summed E-state index contributed by atoms with van der Waals surface area (Å²) in [5, 5.41) is 0. The molecule has 0 unspecified atom stereocenters. The number of fused-ring (bicyclic) bond motifs is 1. The molecule has 3 nitrogen and oxygen atoms in total. The summed E-state index contributed by atoms with van der Waals surface area (Å²) in [5.41, 5.74) is 8.55. The molecule has 0 amide bonds. The molecule has 0 aliphatic heterocycles. The minimum Gasteiger partial charge on any atom is -0.436 e. The van der Waals surface area contributed by atoms with Gasteiger partial charge in [-0.05, 0) is 37.1 Å². The van der Waals surface area contributed by atoms with Crippen LogP contribution in [0.3, 0.4) is 0 Å². The van der Waals surface area contributed by atoms with Gasteiger partial charge in [-0.1, -0.05) is 6.07 Å². The second-order valence-electron chi connectivity index (χ2n) is 4.80. The first-order chi connectivity index (χ1) is 9.45. The normalized spacial score (nSPS) is 11.2. The lowest BCUT2D eigenvalue weighted by molar-refractivity contribution is 0.573. The van der Waals surface area contributed by atoms with Gasteiger partial charge in [0.1, 0.15) is 17.2 Å². The van der Waals surface area contributed by atoms with Gasteiger partial charge in [-0.3, -0.25) is 0 Å². The number of rotatable bonds is 1. The molecule has 0 radical (unpaired) electrons. The van der Waals surface area contributed by atoms with Gasteiger partial charge in [0.05, 0.1) is 11.3 Å². The van der Waals surface area contributed by atoms with E-state index in [0.717, 1.165) is 17.2 Å². The molecule has 3 aromatic rings. The fourth-order valence-electron chi connectivity index (χ4n) is 2.22. The van der Waals surface area contributed by atoms with E-state index in [-0.39, 0.29) is 17.1 Å². The minimum absolute atomic E-state index is 0.0529. The molecule has 0 atom stereocenters. The standard InChI is InChI=1S/C15H12F2N2O/c1-7-3-8(2)14-13(4-7)19-15(20-14)9-5-12(18)11(17)6-10(9)16/h3-6H,18H2,1-2H3. The van der Waals surface area contributed by atoms with E-state index in [9.17, 15) is 8.78 Å². The summed E-state index contributed by atoms with van der Waals surface area (Å²) in [5.74, 6) is -1.45. The van der Waals surface area contributed by atoms with Gasteiger partial charge in [-0.25, -0.2) is 13.8 Å². The van der Waals surface area contributed by atoms with E-state index in [0.29, 0.717) is 11.1 Å². The van der Waals surface area contributed by atoms with E-state index < -0.39 is 11.6 Å². The number of nitrogen functional groups attached to an aromatic ring is 1. The van der Waals surface area contributed by atoms with Crippen LogP contribution in [-0.4, -0.2) is 4.98 Å². The molecular weight excluding hydrogens is 262 g/mol. The first-order valence-electron chi connectivity index (χ1n) is 6.08. The van der Waals surface area contributed by atoms with Crippen LogP contribution in [0.1, 0.15) is 11.1 Å². The van der Waals surface area contributed by atoms with Crippen molar-refractivity contribution < 1.29 is 13.2 Å². The van der Waals surface area contributed by atoms with Crippen molar-refractivity contribution in [2.45, 2.75) is 13.8 Å². The molecule has 0 saturated heterocycles. The van der Waals surface area contributed by atoms with Crippen molar-refractivity contribution in [1.82, 2.24) is 4.98 Å². The van der Waals surface area contributed by atoms with Crippen molar-refractivity contribution in [3.63, 3.8) is 0 Å². The van der Waals surface area contributed by atoms with Gasteiger partial charge in [0.2, 0.25) is 5.89 Å². The summed E-state index contributed by atoms with van der Waals surface area (Å²) >= 11 is 0. The Morgan fingerprint density at radius 2 is 1.80 bits per heavy atom. The second kappa shape index (κ2) is 4.30. The van der Waals surface area contributed by atoms with Crippen LogP contribution in [0.5, 0.6) is 0 Å². The van der Waals surface area contributed by atoms with Crippen molar-refractivity contribution in [2.75, 3.05) is 5.73 Å². The molecule has 3 rings (SSSR count). The Bertz CT molecular complexity index is 824. The van der Waals surface area contributed by atoms with Gasteiger partial charge in [-0.15, -0.1) is 0 Å². The molecule has 0 aliphatic rings. The summed E-state index contributed by atoms with van der Waals surface area (Å²) in [6, 6.07) is 5.72. The summed E-state index contributed by atoms with van der Waals surface area (Å²) in [6.07, 6.45) is 0. The highest BCUT2D eigenvalue weighted by molar-refractivity contribution is 5.80. The average Bonchev–Trinajstić information content (AvgIpc) is 2.77. The first-order valence-corrected chi connectivity index (χ1v) is 6.08. The number of halogens is 2. The van der Waals surface area contributed by atoms with E-state index in [1.807, 2.05) is 26.0 Å². The molecule has 1 aromatic heterocycles. The van der Waals surface area contributed by atoms with Crippen molar-refractivity contribution in [1.29, 1.82) is 0 Å². The molecule has 0 fully saturated rings. The maximum atomic E-state index is 13.8. The van der Waals surface area contributed by atoms with Crippen LogP contribution in [0.15, 0.2) is 28.7 Å². The molecule has 20 heavy (non-hydrogen) atoms. The Kier molecular flexibility index (Phi) is 2.71.